The van der Waals surface area contributed by atoms with Crippen LogP contribution in [0.3, 0.4) is 0 Å². The van der Waals surface area contributed by atoms with Crippen LogP contribution in [0.25, 0.3) is 0 Å². The molecular weight excluding hydrogens is 414 g/mol. The quantitative estimate of drug-likeness (QED) is 0.385. The lowest BCUT2D eigenvalue weighted by Crippen LogP contribution is -2.57. The predicted molar refractivity (Wildman–Crippen MR) is 122 cm³/mol. The maximum absolute atomic E-state index is 13.0. The Balaban J connectivity index is 5.45. The second kappa shape index (κ2) is 13.7. The highest BCUT2D eigenvalue weighted by Gasteiger charge is 2.33. The molecule has 0 aromatic carbocycles. The van der Waals surface area contributed by atoms with Crippen LogP contribution in [0.15, 0.2) is 0 Å². The Kier molecular flexibility index (Phi) is 12.6. The van der Waals surface area contributed by atoms with Gasteiger partial charge in [-0.2, -0.15) is 0 Å². The van der Waals surface area contributed by atoms with Crippen molar-refractivity contribution in [1.82, 2.24) is 25.8 Å². The van der Waals surface area contributed by atoms with Gasteiger partial charge in [-0.05, 0) is 24.7 Å². The first-order chi connectivity index (χ1) is 14.8. The zero-order chi connectivity index (χ0) is 25.2. The molecule has 0 aromatic rings. The third-order valence-corrected chi connectivity index (χ3v) is 5.18. The summed E-state index contributed by atoms with van der Waals surface area (Å²) in [7, 11) is 4.50. The van der Waals surface area contributed by atoms with E-state index >= 15 is 0 Å². The normalized spacial score (nSPS) is 13.7. The number of carbonyl (C=O) groups excluding carboxylic acids is 5. The molecule has 0 spiro atoms. The Morgan fingerprint density at radius 2 is 1.47 bits per heavy atom. The molecular formula is C22H41N5O5. The van der Waals surface area contributed by atoms with E-state index in [1.165, 1.54) is 37.9 Å². The average Bonchev–Trinajstić information content (AvgIpc) is 2.71. The van der Waals surface area contributed by atoms with Gasteiger partial charge >= 0.3 is 0 Å². The standard InChI is InChI=1S/C22H41N5O5/c1-10-16(24-15(6)28)22(32)26(8)12-18(29)27(9)17(11-13(2)3)20(30)25-19(14(4)5)21(31)23-7/h13-14,16-17,19H,10-12H2,1-9H3,(H,23,31)(H,24,28)(H,25,30)/t16-,17-,19?/m0/s1. The third-order valence-electron chi connectivity index (χ3n) is 5.18. The lowest BCUT2D eigenvalue weighted by molar-refractivity contribution is -0.145. The molecule has 5 amide bonds. The van der Waals surface area contributed by atoms with E-state index in [1.54, 1.807) is 6.92 Å². The minimum Gasteiger partial charge on any atom is -0.357 e. The van der Waals surface area contributed by atoms with Crippen LogP contribution in [0.4, 0.5) is 0 Å². The van der Waals surface area contributed by atoms with Crippen LogP contribution < -0.4 is 16.0 Å². The lowest BCUT2D eigenvalue weighted by Gasteiger charge is -2.32. The van der Waals surface area contributed by atoms with Gasteiger partial charge in [0, 0.05) is 28.1 Å². The zero-order valence-electron chi connectivity index (χ0n) is 20.9. The number of carbonyl (C=O) groups is 5. The van der Waals surface area contributed by atoms with Crippen LogP contribution in [-0.4, -0.2) is 85.1 Å². The van der Waals surface area contributed by atoms with Crippen molar-refractivity contribution in [2.75, 3.05) is 27.7 Å². The maximum atomic E-state index is 13.0. The first-order valence-electron chi connectivity index (χ1n) is 11.1. The molecule has 0 heterocycles. The number of rotatable bonds is 12. The summed E-state index contributed by atoms with van der Waals surface area (Å²) in [4.78, 5) is 64.6. The third kappa shape index (κ3) is 9.23. The summed E-state index contributed by atoms with van der Waals surface area (Å²) in [6, 6.07) is -2.24. The fraction of sp³-hybridized carbons (Fsp3) is 0.773. The molecule has 0 fully saturated rings. The smallest absolute Gasteiger partial charge is 0.245 e. The van der Waals surface area contributed by atoms with Crippen LogP contribution >= 0.6 is 0 Å². The van der Waals surface area contributed by atoms with Gasteiger partial charge in [-0.1, -0.05) is 34.6 Å². The number of likely N-dealkylation sites (N-methyl/N-ethyl adjacent to an activating group) is 3. The lowest BCUT2D eigenvalue weighted by atomic mass is 9.99. The molecule has 0 bridgehead atoms. The monoisotopic (exact) mass is 455 g/mol. The SMILES string of the molecule is CC[C@H](NC(C)=O)C(=O)N(C)CC(=O)N(C)[C@@H](CC(C)C)C(=O)NC(C(=O)NC)C(C)C. The Hall–Kier alpha value is -2.65. The van der Waals surface area contributed by atoms with Gasteiger partial charge in [-0.15, -0.1) is 0 Å². The number of hydrogen-bond donors (Lipinski definition) is 3. The van der Waals surface area contributed by atoms with Crippen molar-refractivity contribution in [2.24, 2.45) is 11.8 Å². The molecule has 0 aromatic heterocycles. The second-order valence-electron chi connectivity index (χ2n) is 8.85. The van der Waals surface area contributed by atoms with Gasteiger partial charge in [0.1, 0.15) is 18.1 Å². The fourth-order valence-corrected chi connectivity index (χ4v) is 3.24. The summed E-state index contributed by atoms with van der Waals surface area (Å²) in [6.45, 7) is 10.4. The number of nitrogens with one attached hydrogen (secondary N) is 3. The minimum absolute atomic E-state index is 0.113. The van der Waals surface area contributed by atoms with E-state index in [2.05, 4.69) is 16.0 Å². The minimum atomic E-state index is -0.797. The van der Waals surface area contributed by atoms with Gasteiger partial charge in [0.05, 0.1) is 6.54 Å². The Morgan fingerprint density at radius 1 is 0.906 bits per heavy atom. The molecule has 0 rings (SSSR count). The molecule has 3 N–H and O–H groups in total. The summed E-state index contributed by atoms with van der Waals surface area (Å²) in [5.41, 5.74) is 0. The van der Waals surface area contributed by atoms with Crippen molar-refractivity contribution >= 4 is 29.5 Å². The van der Waals surface area contributed by atoms with E-state index in [4.69, 9.17) is 0 Å². The maximum Gasteiger partial charge on any atom is 0.245 e. The second-order valence-corrected chi connectivity index (χ2v) is 8.85. The Labute approximate surface area is 191 Å². The van der Waals surface area contributed by atoms with E-state index in [9.17, 15) is 24.0 Å². The highest BCUT2D eigenvalue weighted by atomic mass is 16.2. The highest BCUT2D eigenvalue weighted by molar-refractivity contribution is 5.94. The molecule has 10 nitrogen and oxygen atoms in total. The van der Waals surface area contributed by atoms with Gasteiger partial charge < -0.3 is 25.8 Å². The molecule has 32 heavy (non-hydrogen) atoms. The van der Waals surface area contributed by atoms with Crippen molar-refractivity contribution in [1.29, 1.82) is 0 Å². The number of hydrogen-bond acceptors (Lipinski definition) is 5. The molecule has 0 aliphatic carbocycles. The van der Waals surface area contributed by atoms with Crippen LogP contribution in [0, 0.1) is 11.8 Å². The van der Waals surface area contributed by atoms with E-state index in [1.807, 2.05) is 27.7 Å². The largest absolute Gasteiger partial charge is 0.357 e. The molecule has 0 radical (unpaired) electrons. The average molecular weight is 456 g/mol. The van der Waals surface area contributed by atoms with Crippen LogP contribution in [0.5, 0.6) is 0 Å². The van der Waals surface area contributed by atoms with Gasteiger partial charge in [0.15, 0.2) is 0 Å². The summed E-state index contributed by atoms with van der Waals surface area (Å²) >= 11 is 0. The van der Waals surface area contributed by atoms with Crippen molar-refractivity contribution in [3.05, 3.63) is 0 Å². The predicted octanol–water partition coefficient (Wildman–Crippen LogP) is 0.119. The summed E-state index contributed by atoms with van der Waals surface area (Å²) < 4.78 is 0. The fourth-order valence-electron chi connectivity index (χ4n) is 3.24. The molecule has 3 atom stereocenters. The van der Waals surface area contributed by atoms with Crippen molar-refractivity contribution in [3.63, 3.8) is 0 Å². The van der Waals surface area contributed by atoms with E-state index in [0.29, 0.717) is 12.8 Å². The van der Waals surface area contributed by atoms with Crippen LogP contribution in [-0.2, 0) is 24.0 Å². The molecule has 10 heteroatoms. The van der Waals surface area contributed by atoms with E-state index in [0.717, 1.165) is 0 Å². The Morgan fingerprint density at radius 3 is 1.88 bits per heavy atom. The van der Waals surface area contributed by atoms with Gasteiger partial charge in [0.2, 0.25) is 29.5 Å². The van der Waals surface area contributed by atoms with Gasteiger partial charge in [-0.3, -0.25) is 24.0 Å². The van der Waals surface area contributed by atoms with E-state index in [-0.39, 0.29) is 36.1 Å². The molecule has 1 unspecified atom stereocenters. The number of nitrogens with zero attached hydrogens (tertiary/aromatic N) is 2. The topological polar surface area (TPSA) is 128 Å². The molecule has 0 saturated heterocycles. The molecule has 0 aliphatic heterocycles. The molecule has 184 valence electrons. The highest BCUT2D eigenvalue weighted by Crippen LogP contribution is 2.13. The molecule has 0 aliphatic rings. The first kappa shape index (κ1) is 29.4. The van der Waals surface area contributed by atoms with Gasteiger partial charge in [0.25, 0.3) is 0 Å². The summed E-state index contributed by atoms with van der Waals surface area (Å²) in [5.74, 6) is -1.87. The zero-order valence-corrected chi connectivity index (χ0v) is 20.9. The van der Waals surface area contributed by atoms with Gasteiger partial charge in [-0.25, -0.2) is 0 Å². The van der Waals surface area contributed by atoms with Crippen LogP contribution in [0.2, 0.25) is 0 Å². The van der Waals surface area contributed by atoms with E-state index < -0.39 is 29.9 Å². The van der Waals surface area contributed by atoms with Crippen molar-refractivity contribution in [3.8, 4) is 0 Å². The summed E-state index contributed by atoms with van der Waals surface area (Å²) in [5, 5.41) is 7.87. The van der Waals surface area contributed by atoms with Crippen molar-refractivity contribution < 1.29 is 24.0 Å². The molecule has 0 saturated carbocycles. The number of amides is 5. The first-order valence-corrected chi connectivity index (χ1v) is 11.1. The Bertz CT molecular complexity index is 680. The van der Waals surface area contributed by atoms with Crippen LogP contribution in [0.1, 0.15) is 54.4 Å². The summed E-state index contributed by atoms with van der Waals surface area (Å²) in [6.07, 6.45) is 0.787. The van der Waals surface area contributed by atoms with Crippen molar-refractivity contribution in [2.45, 2.75) is 72.5 Å².